The van der Waals surface area contributed by atoms with Gasteiger partial charge in [-0.25, -0.2) is 0 Å². The maximum Gasteiger partial charge on any atom is 0.133 e. The molecule has 0 saturated carbocycles. The molecule has 1 atom stereocenters. The summed E-state index contributed by atoms with van der Waals surface area (Å²) in [4.78, 5) is 0. The van der Waals surface area contributed by atoms with E-state index in [2.05, 4.69) is 22.0 Å². The predicted octanol–water partition coefficient (Wildman–Crippen LogP) is 4.18. The third-order valence-electron chi connectivity index (χ3n) is 3.50. The van der Waals surface area contributed by atoms with Crippen LogP contribution in [0.2, 0.25) is 0 Å². The Morgan fingerprint density at radius 1 is 1.35 bits per heavy atom. The number of alkyl halides is 1. The first-order valence-corrected chi connectivity index (χ1v) is 8.08. The van der Waals surface area contributed by atoms with Gasteiger partial charge in [-0.2, -0.15) is 0 Å². The van der Waals surface area contributed by atoms with Gasteiger partial charge in [0, 0.05) is 20.3 Å². The Hall–Kier alpha value is -0.290. The van der Waals surface area contributed by atoms with Crippen LogP contribution in [0.1, 0.15) is 23.8 Å². The average Bonchev–Trinajstić information content (AvgIpc) is 2.49. The molecule has 1 aliphatic rings. The van der Waals surface area contributed by atoms with Gasteiger partial charge in [-0.15, -0.1) is 11.6 Å². The number of hydrogen-bond acceptors (Lipinski definition) is 3. The molecular formula is C15H20BrClO3. The van der Waals surface area contributed by atoms with Crippen LogP contribution in [0.5, 0.6) is 5.75 Å². The lowest BCUT2D eigenvalue weighted by Crippen LogP contribution is -2.19. The van der Waals surface area contributed by atoms with Crippen molar-refractivity contribution >= 4 is 27.5 Å². The zero-order valence-corrected chi connectivity index (χ0v) is 14.0. The maximum atomic E-state index is 6.60. The Balaban J connectivity index is 1.99. The highest BCUT2D eigenvalue weighted by molar-refractivity contribution is 9.10. The fourth-order valence-electron chi connectivity index (χ4n) is 2.32. The molecule has 1 fully saturated rings. The van der Waals surface area contributed by atoms with Crippen LogP contribution in [0.25, 0.3) is 0 Å². The molecule has 0 amide bonds. The second kappa shape index (κ2) is 8.23. The molecule has 0 aliphatic carbocycles. The van der Waals surface area contributed by atoms with Gasteiger partial charge in [0.15, 0.2) is 0 Å². The van der Waals surface area contributed by atoms with Gasteiger partial charge in [0.1, 0.15) is 12.4 Å². The van der Waals surface area contributed by atoms with Crippen molar-refractivity contribution in [1.82, 2.24) is 0 Å². The minimum absolute atomic E-state index is 0.0308. The number of hydrogen-bond donors (Lipinski definition) is 0. The van der Waals surface area contributed by atoms with Crippen molar-refractivity contribution < 1.29 is 14.2 Å². The molecule has 1 unspecified atom stereocenters. The highest BCUT2D eigenvalue weighted by atomic mass is 79.9. The molecule has 1 aromatic rings. The molecule has 1 aromatic carbocycles. The molecule has 3 nitrogen and oxygen atoms in total. The van der Waals surface area contributed by atoms with Gasteiger partial charge < -0.3 is 14.2 Å². The molecule has 0 aromatic heterocycles. The lowest BCUT2D eigenvalue weighted by atomic mass is 9.92. The van der Waals surface area contributed by atoms with E-state index in [0.717, 1.165) is 41.8 Å². The van der Waals surface area contributed by atoms with Crippen molar-refractivity contribution in [3.8, 4) is 5.75 Å². The summed E-state index contributed by atoms with van der Waals surface area (Å²) in [7, 11) is 1.66. The van der Waals surface area contributed by atoms with Crippen molar-refractivity contribution in [2.24, 2.45) is 5.92 Å². The third kappa shape index (κ3) is 4.35. The highest BCUT2D eigenvalue weighted by Gasteiger charge is 2.24. The Morgan fingerprint density at radius 3 is 2.75 bits per heavy atom. The normalized spacial score (nSPS) is 17.9. The van der Waals surface area contributed by atoms with E-state index < -0.39 is 0 Å². The van der Waals surface area contributed by atoms with Crippen LogP contribution in [0.4, 0.5) is 0 Å². The Kier molecular flexibility index (Phi) is 6.62. The van der Waals surface area contributed by atoms with Crippen LogP contribution >= 0.6 is 27.5 Å². The summed E-state index contributed by atoms with van der Waals surface area (Å²) >= 11 is 10.1. The van der Waals surface area contributed by atoms with Gasteiger partial charge in [0.25, 0.3) is 0 Å². The predicted molar refractivity (Wildman–Crippen MR) is 83.7 cm³/mol. The number of methoxy groups -OCH3 is 1. The zero-order chi connectivity index (χ0) is 14.4. The zero-order valence-electron chi connectivity index (χ0n) is 11.6. The summed E-state index contributed by atoms with van der Waals surface area (Å²) in [6, 6.07) is 6.05. The topological polar surface area (TPSA) is 27.7 Å². The Morgan fingerprint density at radius 2 is 2.10 bits per heavy atom. The molecule has 1 aliphatic heterocycles. The van der Waals surface area contributed by atoms with Crippen LogP contribution in [0.15, 0.2) is 22.7 Å². The van der Waals surface area contributed by atoms with Crippen molar-refractivity contribution in [3.63, 3.8) is 0 Å². The first kappa shape index (κ1) is 16.1. The largest absolute Gasteiger partial charge is 0.490 e. The van der Waals surface area contributed by atoms with Gasteiger partial charge in [-0.3, -0.25) is 0 Å². The van der Waals surface area contributed by atoms with Crippen molar-refractivity contribution in [3.05, 3.63) is 28.2 Å². The molecule has 0 spiro atoms. The fraction of sp³-hybridized carbons (Fsp3) is 0.600. The van der Waals surface area contributed by atoms with Crippen LogP contribution in [-0.2, 0) is 9.47 Å². The molecular weight excluding hydrogens is 344 g/mol. The summed E-state index contributed by atoms with van der Waals surface area (Å²) in [6.45, 7) is 2.74. The maximum absolute atomic E-state index is 6.60. The second-order valence-electron chi connectivity index (χ2n) is 4.88. The first-order chi connectivity index (χ1) is 9.72. The smallest absolute Gasteiger partial charge is 0.133 e. The third-order valence-corrected chi connectivity index (χ3v) is 4.73. The van der Waals surface area contributed by atoms with E-state index in [1.807, 2.05) is 12.1 Å². The van der Waals surface area contributed by atoms with E-state index >= 15 is 0 Å². The minimum atomic E-state index is 0.0308. The molecule has 0 N–H and O–H groups in total. The van der Waals surface area contributed by atoms with E-state index in [9.17, 15) is 0 Å². The van der Waals surface area contributed by atoms with E-state index in [-0.39, 0.29) is 5.38 Å². The Labute approximate surface area is 133 Å². The van der Waals surface area contributed by atoms with Crippen LogP contribution in [0.3, 0.4) is 0 Å². The van der Waals surface area contributed by atoms with E-state index in [1.54, 1.807) is 7.11 Å². The van der Waals surface area contributed by atoms with Crippen molar-refractivity contribution in [2.75, 3.05) is 33.5 Å². The summed E-state index contributed by atoms with van der Waals surface area (Å²) in [6.07, 6.45) is 2.05. The molecule has 20 heavy (non-hydrogen) atoms. The van der Waals surface area contributed by atoms with Gasteiger partial charge >= 0.3 is 0 Å². The molecule has 5 heteroatoms. The minimum Gasteiger partial charge on any atom is -0.490 e. The van der Waals surface area contributed by atoms with E-state index in [4.69, 9.17) is 25.8 Å². The standard InChI is InChI=1S/C15H20BrClO3/c1-18-8-9-20-14-3-2-12(10-13(14)16)15(17)11-4-6-19-7-5-11/h2-3,10-11,15H,4-9H2,1H3. The van der Waals surface area contributed by atoms with Crippen LogP contribution in [0, 0.1) is 5.92 Å². The summed E-state index contributed by atoms with van der Waals surface area (Å²) in [5.41, 5.74) is 1.13. The number of benzene rings is 1. The lowest BCUT2D eigenvalue weighted by molar-refractivity contribution is 0.0650. The molecule has 0 radical (unpaired) electrons. The molecule has 1 heterocycles. The molecule has 1 saturated heterocycles. The average molecular weight is 364 g/mol. The number of rotatable bonds is 6. The fourth-order valence-corrected chi connectivity index (χ4v) is 3.22. The molecule has 2 rings (SSSR count). The summed E-state index contributed by atoms with van der Waals surface area (Å²) in [5, 5.41) is 0.0308. The monoisotopic (exact) mass is 362 g/mol. The molecule has 0 bridgehead atoms. The Bertz CT molecular complexity index is 422. The van der Waals surface area contributed by atoms with Gasteiger partial charge in [-0.1, -0.05) is 6.07 Å². The van der Waals surface area contributed by atoms with Gasteiger partial charge in [0.2, 0.25) is 0 Å². The van der Waals surface area contributed by atoms with E-state index in [0.29, 0.717) is 19.1 Å². The van der Waals surface area contributed by atoms with Crippen LogP contribution < -0.4 is 4.74 Å². The van der Waals surface area contributed by atoms with Crippen molar-refractivity contribution in [2.45, 2.75) is 18.2 Å². The number of halogens is 2. The van der Waals surface area contributed by atoms with Gasteiger partial charge in [-0.05, 0) is 52.4 Å². The summed E-state index contributed by atoms with van der Waals surface area (Å²) in [5.74, 6) is 1.30. The van der Waals surface area contributed by atoms with Crippen molar-refractivity contribution in [1.29, 1.82) is 0 Å². The van der Waals surface area contributed by atoms with Gasteiger partial charge in [0.05, 0.1) is 16.5 Å². The lowest BCUT2D eigenvalue weighted by Gasteiger charge is -2.26. The quantitative estimate of drug-likeness (QED) is 0.560. The van der Waals surface area contributed by atoms with E-state index in [1.165, 1.54) is 0 Å². The first-order valence-electron chi connectivity index (χ1n) is 6.85. The summed E-state index contributed by atoms with van der Waals surface area (Å²) < 4.78 is 16.9. The molecule has 112 valence electrons. The SMILES string of the molecule is COCCOc1ccc(C(Cl)C2CCOCC2)cc1Br. The van der Waals surface area contributed by atoms with Crippen LogP contribution in [-0.4, -0.2) is 33.5 Å². The highest BCUT2D eigenvalue weighted by Crippen LogP contribution is 2.38. The second-order valence-corrected chi connectivity index (χ2v) is 6.21. The number of ether oxygens (including phenoxy) is 3.